The molecule has 1 aromatic carbocycles. The third kappa shape index (κ3) is 2.87. The molecule has 1 N–H and O–H groups in total. The summed E-state index contributed by atoms with van der Waals surface area (Å²) in [7, 11) is 0. The average Bonchev–Trinajstić information content (AvgIpc) is 2.35. The fourth-order valence-electron chi connectivity index (χ4n) is 1.32. The predicted molar refractivity (Wildman–Crippen MR) is 67.5 cm³/mol. The van der Waals surface area contributed by atoms with Crippen LogP contribution in [0, 0.1) is 0 Å². The zero-order valence-corrected chi connectivity index (χ0v) is 10.3. The quantitative estimate of drug-likeness (QED) is 0.524. The van der Waals surface area contributed by atoms with Gasteiger partial charge in [0, 0.05) is 11.1 Å². The number of hydrogen-bond donors (Lipinski definition) is 1. The fraction of sp³-hybridized carbons (Fsp3) is 0.182. The Morgan fingerprint density at radius 1 is 1.41 bits per heavy atom. The summed E-state index contributed by atoms with van der Waals surface area (Å²) in [5.41, 5.74) is 0.839. The number of aliphatic carboxylic acids is 1. The van der Waals surface area contributed by atoms with E-state index in [9.17, 15) is 4.79 Å². The molecule has 6 heteroatoms. The molecule has 1 heterocycles. The van der Waals surface area contributed by atoms with Gasteiger partial charge in [0.15, 0.2) is 0 Å². The number of fused-ring (bicyclic) bond motifs is 1. The van der Waals surface area contributed by atoms with Gasteiger partial charge in [0.25, 0.3) is 0 Å². The molecule has 2 rings (SSSR count). The van der Waals surface area contributed by atoms with Crippen molar-refractivity contribution >= 4 is 40.2 Å². The van der Waals surface area contributed by atoms with E-state index in [0.29, 0.717) is 0 Å². The van der Waals surface area contributed by atoms with Crippen LogP contribution in [0.1, 0.15) is 0 Å². The lowest BCUT2D eigenvalue weighted by molar-refractivity contribution is -0.136. The van der Waals surface area contributed by atoms with Crippen molar-refractivity contribution in [1.29, 1.82) is 0 Å². The zero-order chi connectivity index (χ0) is 12.3. The highest BCUT2D eigenvalue weighted by molar-refractivity contribution is 7.99. The minimum atomic E-state index is -1.02. The Hall–Kier alpha value is -1.33. The summed E-state index contributed by atoms with van der Waals surface area (Å²) in [4.78, 5) is 18.9. The number of para-hydroxylation sites is 1. The Labute approximate surface area is 107 Å². The number of carboxylic acid groups (broad SMARTS) is 1. The molecule has 1 atom stereocenters. The molecule has 0 aliphatic carbocycles. The number of halogens is 1. The molecule has 0 radical (unpaired) electrons. The molecule has 88 valence electrons. The first kappa shape index (κ1) is 12.1. The average molecular weight is 269 g/mol. The second-order valence-corrected chi connectivity index (χ2v) is 4.85. The van der Waals surface area contributed by atoms with Gasteiger partial charge in [-0.05, 0) is 6.07 Å². The first-order valence-corrected chi connectivity index (χ1v) is 6.30. The maximum Gasteiger partial charge on any atom is 0.322 e. The van der Waals surface area contributed by atoms with E-state index in [1.54, 1.807) is 0 Å². The molecule has 0 bridgehead atoms. The van der Waals surface area contributed by atoms with Crippen LogP contribution in [0.3, 0.4) is 0 Å². The standard InChI is InChI=1S/C11H9ClN2O2S/c12-8(11(15)16)5-17-10-7-3-1-2-4-9(7)13-6-14-10/h1-4,6,8H,5H2,(H,15,16). The Kier molecular flexibility index (Phi) is 3.81. The minimum Gasteiger partial charge on any atom is -0.480 e. The van der Waals surface area contributed by atoms with Crippen LogP contribution in [-0.4, -0.2) is 32.2 Å². The Balaban J connectivity index is 2.21. The number of alkyl halides is 1. The summed E-state index contributed by atoms with van der Waals surface area (Å²) in [6, 6.07) is 7.58. The molecule has 17 heavy (non-hydrogen) atoms. The minimum absolute atomic E-state index is 0.276. The van der Waals surface area contributed by atoms with E-state index in [0.717, 1.165) is 15.9 Å². The van der Waals surface area contributed by atoms with E-state index in [1.165, 1.54) is 18.1 Å². The SMILES string of the molecule is O=C(O)C(Cl)CSc1ncnc2ccccc12. The second kappa shape index (κ2) is 5.33. The molecule has 0 aliphatic rings. The topological polar surface area (TPSA) is 63.1 Å². The van der Waals surface area contributed by atoms with E-state index in [1.807, 2.05) is 24.3 Å². The van der Waals surface area contributed by atoms with Crippen molar-refractivity contribution in [1.82, 2.24) is 9.97 Å². The molecule has 0 spiro atoms. The van der Waals surface area contributed by atoms with Gasteiger partial charge < -0.3 is 5.11 Å². The van der Waals surface area contributed by atoms with Crippen molar-refractivity contribution < 1.29 is 9.90 Å². The molecule has 0 saturated heterocycles. The van der Waals surface area contributed by atoms with Gasteiger partial charge in [-0.15, -0.1) is 23.4 Å². The van der Waals surface area contributed by atoms with Crippen LogP contribution in [-0.2, 0) is 4.79 Å². The largest absolute Gasteiger partial charge is 0.480 e. The van der Waals surface area contributed by atoms with E-state index in [2.05, 4.69) is 9.97 Å². The highest BCUT2D eigenvalue weighted by Crippen LogP contribution is 2.25. The van der Waals surface area contributed by atoms with E-state index in [4.69, 9.17) is 16.7 Å². The lowest BCUT2D eigenvalue weighted by Gasteiger charge is -2.05. The van der Waals surface area contributed by atoms with Gasteiger partial charge in [-0.3, -0.25) is 4.79 Å². The van der Waals surface area contributed by atoms with Gasteiger partial charge in [-0.2, -0.15) is 0 Å². The summed E-state index contributed by atoms with van der Waals surface area (Å²) < 4.78 is 0. The van der Waals surface area contributed by atoms with E-state index >= 15 is 0 Å². The Morgan fingerprint density at radius 2 is 2.18 bits per heavy atom. The van der Waals surface area contributed by atoms with Gasteiger partial charge in [-0.25, -0.2) is 9.97 Å². The number of rotatable bonds is 4. The molecule has 0 saturated carbocycles. The number of thioether (sulfide) groups is 1. The van der Waals surface area contributed by atoms with E-state index < -0.39 is 11.3 Å². The van der Waals surface area contributed by atoms with Gasteiger partial charge >= 0.3 is 5.97 Å². The van der Waals surface area contributed by atoms with Crippen molar-refractivity contribution in [3.05, 3.63) is 30.6 Å². The molecule has 1 unspecified atom stereocenters. The van der Waals surface area contributed by atoms with Crippen LogP contribution >= 0.6 is 23.4 Å². The van der Waals surface area contributed by atoms with Crippen molar-refractivity contribution in [2.24, 2.45) is 0 Å². The third-order valence-electron chi connectivity index (χ3n) is 2.14. The third-order valence-corrected chi connectivity index (χ3v) is 3.76. The van der Waals surface area contributed by atoms with Crippen molar-refractivity contribution in [3.8, 4) is 0 Å². The lowest BCUT2D eigenvalue weighted by atomic mass is 10.2. The lowest BCUT2D eigenvalue weighted by Crippen LogP contribution is -2.15. The summed E-state index contributed by atoms with van der Waals surface area (Å²) in [5.74, 6) is -0.740. The highest BCUT2D eigenvalue weighted by Gasteiger charge is 2.15. The highest BCUT2D eigenvalue weighted by atomic mass is 35.5. The Bertz CT molecular complexity index is 544. The molecule has 2 aromatic rings. The summed E-state index contributed by atoms with van der Waals surface area (Å²) in [6.07, 6.45) is 1.47. The summed E-state index contributed by atoms with van der Waals surface area (Å²) >= 11 is 6.98. The smallest absolute Gasteiger partial charge is 0.322 e. The van der Waals surface area contributed by atoms with E-state index in [-0.39, 0.29) is 5.75 Å². The van der Waals surface area contributed by atoms with Gasteiger partial charge in [0.05, 0.1) is 5.52 Å². The van der Waals surface area contributed by atoms with Crippen LogP contribution in [0.2, 0.25) is 0 Å². The number of aromatic nitrogens is 2. The van der Waals surface area contributed by atoms with Crippen molar-refractivity contribution in [3.63, 3.8) is 0 Å². The van der Waals surface area contributed by atoms with Gasteiger partial charge in [0.2, 0.25) is 0 Å². The maximum absolute atomic E-state index is 10.6. The first-order valence-electron chi connectivity index (χ1n) is 4.88. The molecule has 4 nitrogen and oxygen atoms in total. The van der Waals surface area contributed by atoms with Crippen LogP contribution < -0.4 is 0 Å². The number of hydrogen-bond acceptors (Lipinski definition) is 4. The first-order chi connectivity index (χ1) is 8.18. The van der Waals surface area contributed by atoms with Gasteiger partial charge in [0.1, 0.15) is 16.7 Å². The molecular weight excluding hydrogens is 260 g/mol. The van der Waals surface area contributed by atoms with Gasteiger partial charge in [-0.1, -0.05) is 18.2 Å². The number of benzene rings is 1. The van der Waals surface area contributed by atoms with Crippen molar-refractivity contribution in [2.75, 3.05) is 5.75 Å². The monoisotopic (exact) mass is 268 g/mol. The van der Waals surface area contributed by atoms with Crippen molar-refractivity contribution in [2.45, 2.75) is 10.4 Å². The fourth-order valence-corrected chi connectivity index (χ4v) is 2.40. The molecular formula is C11H9ClN2O2S. The Morgan fingerprint density at radius 3 is 2.94 bits per heavy atom. The molecule has 0 fully saturated rings. The molecule has 0 amide bonds. The van der Waals surface area contributed by atoms with Crippen LogP contribution in [0.25, 0.3) is 10.9 Å². The second-order valence-electron chi connectivity index (χ2n) is 3.31. The summed E-state index contributed by atoms with van der Waals surface area (Å²) in [5, 5.41) is 9.45. The number of carbonyl (C=O) groups is 1. The van der Waals surface area contributed by atoms with Crippen LogP contribution in [0.5, 0.6) is 0 Å². The van der Waals surface area contributed by atoms with Crippen LogP contribution in [0.4, 0.5) is 0 Å². The number of carboxylic acids is 1. The summed E-state index contributed by atoms with van der Waals surface area (Å²) in [6.45, 7) is 0. The number of nitrogens with zero attached hydrogens (tertiary/aromatic N) is 2. The maximum atomic E-state index is 10.6. The van der Waals surface area contributed by atoms with Crippen LogP contribution in [0.15, 0.2) is 35.6 Å². The normalized spacial score (nSPS) is 12.5. The zero-order valence-electron chi connectivity index (χ0n) is 8.71. The molecule has 0 aliphatic heterocycles. The predicted octanol–water partition coefficient (Wildman–Crippen LogP) is 2.41. The molecule has 1 aromatic heterocycles.